The summed E-state index contributed by atoms with van der Waals surface area (Å²) in [6.07, 6.45) is 2.78. The van der Waals surface area contributed by atoms with E-state index in [1.165, 1.54) is 11.1 Å². The molecule has 1 saturated heterocycles. The average molecular weight is 396 g/mol. The summed E-state index contributed by atoms with van der Waals surface area (Å²) in [6, 6.07) is 19.2. The summed E-state index contributed by atoms with van der Waals surface area (Å²) in [6.45, 7) is 10.9. The smallest absolute Gasteiger partial charge is 0.0977 e. The molecule has 0 bridgehead atoms. The molecular weight excluding hydrogens is 358 g/mol. The van der Waals surface area contributed by atoms with Gasteiger partial charge in [-0.3, -0.25) is 4.90 Å². The van der Waals surface area contributed by atoms with Crippen molar-refractivity contribution in [1.82, 2.24) is 4.90 Å². The predicted molar refractivity (Wildman–Crippen MR) is 120 cm³/mol. The fraction of sp³-hybridized carbons (Fsp3) is 0.538. The van der Waals surface area contributed by atoms with Crippen LogP contribution >= 0.6 is 0 Å². The van der Waals surface area contributed by atoms with E-state index in [0.29, 0.717) is 5.92 Å². The highest BCUT2D eigenvalue weighted by molar-refractivity contribution is 5.34. The lowest BCUT2D eigenvalue weighted by Crippen LogP contribution is -2.45. The standard InChI is InChI=1S/C26H37NO2/c1-4-22-10-12-24(13-11-22)26(28,15-14-21(2)3)25(23-8-6-5-7-9-23)20-27-16-18-29-19-17-27/h5-13,21,25,28H,4,14-20H2,1-3H3/t25-,26-/m1/s1. The molecule has 0 saturated carbocycles. The number of benzene rings is 2. The maximum Gasteiger partial charge on any atom is 0.0977 e. The van der Waals surface area contributed by atoms with E-state index in [9.17, 15) is 5.11 Å². The Kier molecular flexibility index (Phi) is 7.88. The second kappa shape index (κ2) is 10.4. The zero-order valence-corrected chi connectivity index (χ0v) is 18.3. The van der Waals surface area contributed by atoms with Crippen molar-refractivity contribution in [3.05, 3.63) is 71.3 Å². The van der Waals surface area contributed by atoms with Crippen molar-refractivity contribution in [1.29, 1.82) is 0 Å². The molecule has 2 aromatic rings. The fourth-order valence-electron chi connectivity index (χ4n) is 4.32. The van der Waals surface area contributed by atoms with Crippen molar-refractivity contribution in [3.63, 3.8) is 0 Å². The normalized spacial score (nSPS) is 18.5. The number of hydrogen-bond donors (Lipinski definition) is 1. The molecule has 1 aliphatic rings. The molecule has 0 spiro atoms. The topological polar surface area (TPSA) is 32.7 Å². The molecular formula is C26H37NO2. The van der Waals surface area contributed by atoms with Crippen molar-refractivity contribution in [3.8, 4) is 0 Å². The SMILES string of the molecule is CCc1ccc([C@](O)(CCC(C)C)[C@H](CN2CCOCC2)c2ccccc2)cc1. The molecule has 0 aliphatic carbocycles. The number of hydrogen-bond acceptors (Lipinski definition) is 3. The number of aryl methyl sites for hydroxylation is 1. The molecule has 29 heavy (non-hydrogen) atoms. The number of morpholine rings is 1. The number of aliphatic hydroxyl groups is 1. The van der Waals surface area contributed by atoms with Gasteiger partial charge in [-0.2, -0.15) is 0 Å². The summed E-state index contributed by atoms with van der Waals surface area (Å²) < 4.78 is 5.56. The van der Waals surface area contributed by atoms with Gasteiger partial charge in [0, 0.05) is 25.6 Å². The molecule has 3 nitrogen and oxygen atoms in total. The van der Waals surface area contributed by atoms with Crippen LogP contribution in [0, 0.1) is 5.92 Å². The van der Waals surface area contributed by atoms with E-state index in [2.05, 4.69) is 80.3 Å². The van der Waals surface area contributed by atoms with Gasteiger partial charge < -0.3 is 9.84 Å². The highest BCUT2D eigenvalue weighted by Gasteiger charge is 2.40. The summed E-state index contributed by atoms with van der Waals surface area (Å²) in [5.74, 6) is 0.573. The Morgan fingerprint density at radius 3 is 2.24 bits per heavy atom. The summed E-state index contributed by atoms with van der Waals surface area (Å²) in [7, 11) is 0. The van der Waals surface area contributed by atoms with Gasteiger partial charge in [-0.25, -0.2) is 0 Å². The van der Waals surface area contributed by atoms with Crippen molar-refractivity contribution < 1.29 is 9.84 Å². The van der Waals surface area contributed by atoms with Gasteiger partial charge >= 0.3 is 0 Å². The second-order valence-corrected chi connectivity index (χ2v) is 8.78. The lowest BCUT2D eigenvalue weighted by atomic mass is 9.73. The van der Waals surface area contributed by atoms with Crippen molar-refractivity contribution in [2.75, 3.05) is 32.8 Å². The van der Waals surface area contributed by atoms with Gasteiger partial charge in [0.05, 0.1) is 18.8 Å². The van der Waals surface area contributed by atoms with Crippen LogP contribution in [0.1, 0.15) is 56.2 Å². The molecule has 158 valence electrons. The number of ether oxygens (including phenoxy) is 1. The van der Waals surface area contributed by atoms with Crippen LogP contribution in [0.15, 0.2) is 54.6 Å². The molecule has 1 aliphatic heterocycles. The third kappa shape index (κ3) is 5.69. The number of nitrogens with zero attached hydrogens (tertiary/aromatic N) is 1. The largest absolute Gasteiger partial charge is 0.384 e. The Balaban J connectivity index is 1.99. The molecule has 0 amide bonds. The fourth-order valence-corrected chi connectivity index (χ4v) is 4.32. The Labute approximate surface area is 176 Å². The third-order valence-electron chi connectivity index (χ3n) is 6.29. The van der Waals surface area contributed by atoms with Gasteiger partial charge in [0.15, 0.2) is 0 Å². The predicted octanol–water partition coefficient (Wildman–Crippen LogP) is 4.99. The first-order valence-electron chi connectivity index (χ1n) is 11.2. The van der Waals surface area contributed by atoms with Crippen LogP contribution in [0.25, 0.3) is 0 Å². The van der Waals surface area contributed by atoms with E-state index in [0.717, 1.165) is 57.7 Å². The zero-order valence-electron chi connectivity index (χ0n) is 18.3. The average Bonchev–Trinajstić information content (AvgIpc) is 2.77. The Bertz CT molecular complexity index is 722. The van der Waals surface area contributed by atoms with Crippen molar-refractivity contribution in [2.45, 2.75) is 51.6 Å². The van der Waals surface area contributed by atoms with Gasteiger partial charge in [0.25, 0.3) is 0 Å². The van der Waals surface area contributed by atoms with Gasteiger partial charge in [-0.05, 0) is 41.9 Å². The second-order valence-electron chi connectivity index (χ2n) is 8.78. The first-order valence-corrected chi connectivity index (χ1v) is 11.2. The summed E-state index contributed by atoms with van der Waals surface area (Å²) in [5, 5.41) is 12.3. The van der Waals surface area contributed by atoms with Crippen LogP contribution in [0.4, 0.5) is 0 Å². The minimum absolute atomic E-state index is 0.0213. The highest BCUT2D eigenvalue weighted by atomic mass is 16.5. The van der Waals surface area contributed by atoms with E-state index in [4.69, 9.17) is 4.74 Å². The minimum atomic E-state index is -0.893. The first kappa shape index (κ1) is 22.0. The summed E-state index contributed by atoms with van der Waals surface area (Å²) in [4.78, 5) is 2.45. The Morgan fingerprint density at radius 2 is 1.66 bits per heavy atom. The molecule has 3 rings (SSSR count). The van der Waals surface area contributed by atoms with E-state index in [1.807, 2.05) is 0 Å². The Hall–Kier alpha value is -1.68. The van der Waals surface area contributed by atoms with Crippen LogP contribution in [0.5, 0.6) is 0 Å². The van der Waals surface area contributed by atoms with Crippen LogP contribution < -0.4 is 0 Å². The van der Waals surface area contributed by atoms with Gasteiger partial charge in [-0.1, -0.05) is 75.4 Å². The lowest BCUT2D eigenvalue weighted by molar-refractivity contribution is -0.0311. The quantitative estimate of drug-likeness (QED) is 0.649. The third-order valence-corrected chi connectivity index (χ3v) is 6.29. The molecule has 1 N–H and O–H groups in total. The molecule has 3 heteroatoms. The molecule has 2 atom stereocenters. The highest BCUT2D eigenvalue weighted by Crippen LogP contribution is 2.42. The zero-order chi connectivity index (χ0) is 20.7. The van der Waals surface area contributed by atoms with E-state index < -0.39 is 5.60 Å². The molecule has 1 heterocycles. The molecule has 0 radical (unpaired) electrons. The van der Waals surface area contributed by atoms with Gasteiger partial charge in [-0.15, -0.1) is 0 Å². The molecule has 1 fully saturated rings. The minimum Gasteiger partial charge on any atom is -0.384 e. The lowest BCUT2D eigenvalue weighted by Gasteiger charge is -2.41. The van der Waals surface area contributed by atoms with Crippen molar-refractivity contribution in [2.24, 2.45) is 5.92 Å². The first-order chi connectivity index (χ1) is 14.0. The molecule has 0 unspecified atom stereocenters. The monoisotopic (exact) mass is 395 g/mol. The van der Waals surface area contributed by atoms with E-state index >= 15 is 0 Å². The molecule has 2 aromatic carbocycles. The Morgan fingerprint density at radius 1 is 1.00 bits per heavy atom. The van der Waals surface area contributed by atoms with Crippen LogP contribution in [0.3, 0.4) is 0 Å². The van der Waals surface area contributed by atoms with E-state index in [1.54, 1.807) is 0 Å². The summed E-state index contributed by atoms with van der Waals surface area (Å²) >= 11 is 0. The van der Waals surface area contributed by atoms with Crippen LogP contribution in [0.2, 0.25) is 0 Å². The van der Waals surface area contributed by atoms with Crippen LogP contribution in [-0.2, 0) is 16.8 Å². The molecule has 0 aromatic heterocycles. The van der Waals surface area contributed by atoms with E-state index in [-0.39, 0.29) is 5.92 Å². The maximum atomic E-state index is 12.3. The maximum absolute atomic E-state index is 12.3. The summed E-state index contributed by atoms with van der Waals surface area (Å²) in [5.41, 5.74) is 2.67. The number of rotatable bonds is 9. The van der Waals surface area contributed by atoms with Crippen molar-refractivity contribution >= 4 is 0 Å². The van der Waals surface area contributed by atoms with Gasteiger partial charge in [0.1, 0.15) is 0 Å². The van der Waals surface area contributed by atoms with Crippen LogP contribution in [-0.4, -0.2) is 42.9 Å². The van der Waals surface area contributed by atoms with Gasteiger partial charge in [0.2, 0.25) is 0 Å².